The van der Waals surface area contributed by atoms with Crippen molar-refractivity contribution in [2.45, 2.75) is 32.7 Å². The highest BCUT2D eigenvalue weighted by molar-refractivity contribution is 5.94. The molecule has 0 aromatic heterocycles. The fourth-order valence-corrected chi connectivity index (χ4v) is 3.22. The van der Waals surface area contributed by atoms with Crippen LogP contribution >= 0.6 is 0 Å². The molecule has 1 aromatic rings. The lowest BCUT2D eigenvalue weighted by molar-refractivity contribution is -0.00683. The summed E-state index contributed by atoms with van der Waals surface area (Å²) >= 11 is 0. The summed E-state index contributed by atoms with van der Waals surface area (Å²) in [5.41, 5.74) is 1.81. The van der Waals surface area contributed by atoms with Crippen LogP contribution in [0.1, 0.15) is 36.7 Å². The average Bonchev–Trinajstić information content (AvgIpc) is 2.72. The maximum Gasteiger partial charge on any atom is 0.251 e. The van der Waals surface area contributed by atoms with Crippen LogP contribution in [0.25, 0.3) is 0 Å². The third-order valence-corrected chi connectivity index (χ3v) is 4.96. The van der Waals surface area contributed by atoms with Crippen LogP contribution in [0, 0.1) is 0 Å². The molecule has 0 bridgehead atoms. The van der Waals surface area contributed by atoms with E-state index in [4.69, 9.17) is 9.73 Å². The van der Waals surface area contributed by atoms with Crippen molar-refractivity contribution in [3.05, 3.63) is 35.4 Å². The quantitative estimate of drug-likeness (QED) is 0.461. The number of nitrogens with one attached hydrogen (secondary N) is 3. The van der Waals surface area contributed by atoms with Gasteiger partial charge < -0.3 is 20.7 Å². The van der Waals surface area contributed by atoms with E-state index in [-0.39, 0.29) is 11.4 Å². The number of rotatable bonds is 8. The number of morpholine rings is 1. The summed E-state index contributed by atoms with van der Waals surface area (Å²) in [6, 6.07) is 7.73. The van der Waals surface area contributed by atoms with Crippen LogP contribution in [-0.4, -0.2) is 75.3 Å². The lowest BCUT2D eigenvalue weighted by atomic mass is 10.0. The molecule has 0 saturated carbocycles. The predicted molar refractivity (Wildman–Crippen MR) is 114 cm³/mol. The Hall–Kier alpha value is -2.12. The van der Waals surface area contributed by atoms with Crippen LogP contribution in [0.4, 0.5) is 0 Å². The van der Waals surface area contributed by atoms with Gasteiger partial charge in [-0.2, -0.15) is 0 Å². The number of carbonyl (C=O) groups excluding carboxylic acids is 1. The summed E-state index contributed by atoms with van der Waals surface area (Å²) in [6.07, 6.45) is 0.822. The highest BCUT2D eigenvalue weighted by Gasteiger charge is 2.28. The highest BCUT2D eigenvalue weighted by Crippen LogP contribution is 2.16. The fourth-order valence-electron chi connectivity index (χ4n) is 3.22. The van der Waals surface area contributed by atoms with Crippen molar-refractivity contribution in [1.82, 2.24) is 20.9 Å². The molecule has 1 aliphatic heterocycles. The Labute approximate surface area is 168 Å². The Morgan fingerprint density at radius 2 is 2.00 bits per heavy atom. The van der Waals surface area contributed by atoms with Gasteiger partial charge in [-0.3, -0.25) is 14.7 Å². The smallest absolute Gasteiger partial charge is 0.251 e. The second-order valence-corrected chi connectivity index (χ2v) is 7.56. The van der Waals surface area contributed by atoms with Crippen LogP contribution < -0.4 is 16.0 Å². The third-order valence-electron chi connectivity index (χ3n) is 4.96. The molecule has 1 saturated heterocycles. The number of guanidine groups is 1. The predicted octanol–water partition coefficient (Wildman–Crippen LogP) is 1.25. The van der Waals surface area contributed by atoms with Crippen LogP contribution in [0.15, 0.2) is 29.3 Å². The van der Waals surface area contributed by atoms with Crippen molar-refractivity contribution in [3.8, 4) is 0 Å². The van der Waals surface area contributed by atoms with E-state index >= 15 is 0 Å². The third kappa shape index (κ3) is 6.80. The second-order valence-electron chi connectivity index (χ2n) is 7.56. The molecule has 28 heavy (non-hydrogen) atoms. The van der Waals surface area contributed by atoms with Crippen LogP contribution in [-0.2, 0) is 11.2 Å². The number of hydrogen-bond acceptors (Lipinski definition) is 4. The van der Waals surface area contributed by atoms with Crippen LogP contribution in [0.2, 0.25) is 0 Å². The van der Waals surface area contributed by atoms with Gasteiger partial charge in [0, 0.05) is 44.3 Å². The van der Waals surface area contributed by atoms with E-state index in [1.165, 1.54) is 0 Å². The van der Waals surface area contributed by atoms with Gasteiger partial charge in [0.05, 0.1) is 19.8 Å². The average molecular weight is 390 g/mol. The minimum atomic E-state index is -0.0601. The zero-order chi connectivity index (χ0) is 20.4. The highest BCUT2D eigenvalue weighted by atomic mass is 16.5. The van der Waals surface area contributed by atoms with Gasteiger partial charge in [0.15, 0.2) is 5.96 Å². The minimum Gasteiger partial charge on any atom is -0.379 e. The lowest BCUT2D eigenvalue weighted by Crippen LogP contribution is -2.52. The van der Waals surface area contributed by atoms with Crippen molar-refractivity contribution in [2.75, 3.05) is 53.0 Å². The van der Waals surface area contributed by atoms with Gasteiger partial charge in [-0.05, 0) is 44.9 Å². The molecule has 0 unspecified atom stereocenters. The van der Waals surface area contributed by atoms with E-state index in [0.717, 1.165) is 57.3 Å². The standard InChI is InChI=1S/C21H35N5O2/c1-5-23-20(25-16-21(2,3)26-11-13-28-14-12-26)24-10-9-17-7-6-8-18(15-17)19(27)22-4/h6-8,15H,5,9-14,16H2,1-4H3,(H,22,27)(H2,23,24,25). The van der Waals surface area contributed by atoms with Gasteiger partial charge in [-0.1, -0.05) is 12.1 Å². The van der Waals surface area contributed by atoms with Crippen LogP contribution in [0.5, 0.6) is 0 Å². The van der Waals surface area contributed by atoms with Crippen molar-refractivity contribution in [1.29, 1.82) is 0 Å². The summed E-state index contributed by atoms with van der Waals surface area (Å²) in [5, 5.41) is 9.38. The fraction of sp³-hybridized carbons (Fsp3) is 0.619. The van der Waals surface area contributed by atoms with E-state index in [9.17, 15) is 4.79 Å². The number of aliphatic imine (C=N–C) groups is 1. The summed E-state index contributed by atoms with van der Waals surface area (Å²) < 4.78 is 5.46. The number of amides is 1. The Kier molecular flexibility index (Phi) is 8.73. The van der Waals surface area contributed by atoms with E-state index in [1.54, 1.807) is 7.05 Å². The number of ether oxygens (including phenoxy) is 1. The molecule has 1 amide bonds. The number of hydrogen-bond donors (Lipinski definition) is 3. The molecule has 1 aromatic carbocycles. The zero-order valence-corrected chi connectivity index (χ0v) is 17.7. The molecular weight excluding hydrogens is 354 g/mol. The molecule has 0 atom stereocenters. The monoisotopic (exact) mass is 389 g/mol. The summed E-state index contributed by atoms with van der Waals surface area (Å²) in [4.78, 5) is 19.0. The molecule has 0 spiro atoms. The summed E-state index contributed by atoms with van der Waals surface area (Å²) in [7, 11) is 1.65. The number of carbonyl (C=O) groups is 1. The molecule has 2 rings (SSSR count). The maximum atomic E-state index is 11.8. The van der Waals surface area contributed by atoms with E-state index < -0.39 is 0 Å². The Morgan fingerprint density at radius 3 is 2.68 bits per heavy atom. The first-order valence-corrected chi connectivity index (χ1v) is 10.1. The maximum absolute atomic E-state index is 11.8. The number of benzene rings is 1. The summed E-state index contributed by atoms with van der Waals surface area (Å²) in [5.74, 6) is 0.765. The Balaban J connectivity index is 1.89. The Morgan fingerprint density at radius 1 is 1.25 bits per heavy atom. The normalized spacial score (nSPS) is 15.9. The van der Waals surface area contributed by atoms with Gasteiger partial charge in [-0.25, -0.2) is 0 Å². The minimum absolute atomic E-state index is 0.00598. The van der Waals surface area contributed by atoms with Gasteiger partial charge in [-0.15, -0.1) is 0 Å². The Bertz CT molecular complexity index is 654. The largest absolute Gasteiger partial charge is 0.379 e. The molecule has 0 radical (unpaired) electrons. The molecule has 0 aliphatic carbocycles. The first-order valence-electron chi connectivity index (χ1n) is 10.1. The SMILES string of the molecule is CCNC(=NCC(C)(C)N1CCOCC1)NCCc1cccc(C(=O)NC)c1. The molecule has 1 fully saturated rings. The molecule has 7 heteroatoms. The second kappa shape index (κ2) is 11.0. The molecule has 1 heterocycles. The van der Waals surface area contributed by atoms with Gasteiger partial charge in [0.1, 0.15) is 0 Å². The van der Waals surface area contributed by atoms with Crippen molar-refractivity contribution in [3.63, 3.8) is 0 Å². The molecule has 3 N–H and O–H groups in total. The van der Waals surface area contributed by atoms with Crippen molar-refractivity contribution >= 4 is 11.9 Å². The number of nitrogens with zero attached hydrogens (tertiary/aromatic N) is 2. The van der Waals surface area contributed by atoms with Gasteiger partial charge >= 0.3 is 0 Å². The molecule has 156 valence electrons. The zero-order valence-electron chi connectivity index (χ0n) is 17.7. The lowest BCUT2D eigenvalue weighted by Gasteiger charge is -2.39. The molecule has 1 aliphatic rings. The molecule has 7 nitrogen and oxygen atoms in total. The van der Waals surface area contributed by atoms with Crippen molar-refractivity contribution in [2.24, 2.45) is 4.99 Å². The van der Waals surface area contributed by atoms with E-state index in [0.29, 0.717) is 12.1 Å². The first kappa shape index (κ1) is 22.2. The van der Waals surface area contributed by atoms with Gasteiger partial charge in [0.2, 0.25) is 0 Å². The van der Waals surface area contributed by atoms with E-state index in [1.807, 2.05) is 24.3 Å². The van der Waals surface area contributed by atoms with Crippen LogP contribution in [0.3, 0.4) is 0 Å². The first-order chi connectivity index (χ1) is 13.5. The van der Waals surface area contributed by atoms with E-state index in [2.05, 4.69) is 41.6 Å². The molecular formula is C21H35N5O2. The van der Waals surface area contributed by atoms with Crippen molar-refractivity contribution < 1.29 is 9.53 Å². The summed E-state index contributed by atoms with van der Waals surface area (Å²) in [6.45, 7) is 12.3. The van der Waals surface area contributed by atoms with Gasteiger partial charge in [0.25, 0.3) is 5.91 Å². The topological polar surface area (TPSA) is 78.0 Å².